The highest BCUT2D eigenvalue weighted by molar-refractivity contribution is 7.92. The fourth-order valence-corrected chi connectivity index (χ4v) is 9.24. The number of carbonyl (C=O) groups excluding carboxylic acids is 2. The molecule has 1 N–H and O–H groups in total. The zero-order chi connectivity index (χ0) is 25.0. The van der Waals surface area contributed by atoms with E-state index in [2.05, 4.69) is 24.1 Å². The van der Waals surface area contributed by atoms with Gasteiger partial charge in [0.15, 0.2) is 9.84 Å². The number of carbonyl (C=O) groups is 2. The molecule has 0 aromatic rings. The minimum absolute atomic E-state index is 0.105. The Labute approximate surface area is 213 Å². The lowest BCUT2D eigenvalue weighted by atomic mass is 9.82. The summed E-state index contributed by atoms with van der Waals surface area (Å²) in [5, 5.41) is 3.05. The molecule has 7 heteroatoms. The number of hydrogen-bond donors (Lipinski definition) is 1. The lowest BCUT2D eigenvalue weighted by molar-refractivity contribution is -0.139. The first-order valence-corrected chi connectivity index (χ1v) is 16.3. The highest BCUT2D eigenvalue weighted by atomic mass is 32.2. The minimum atomic E-state index is -2.96. The zero-order valence-corrected chi connectivity index (χ0v) is 22.9. The smallest absolute Gasteiger partial charge is 0.225 e. The fourth-order valence-electron chi connectivity index (χ4n) is 6.99. The van der Waals surface area contributed by atoms with Crippen LogP contribution in [0.4, 0.5) is 0 Å². The predicted molar refractivity (Wildman–Crippen MR) is 140 cm³/mol. The van der Waals surface area contributed by atoms with E-state index in [1.807, 2.05) is 0 Å². The summed E-state index contributed by atoms with van der Waals surface area (Å²) in [6, 6.07) is 0.582. The third kappa shape index (κ3) is 7.45. The van der Waals surface area contributed by atoms with Gasteiger partial charge < -0.3 is 10.2 Å². The molecule has 4 aliphatic carbocycles. The van der Waals surface area contributed by atoms with Gasteiger partial charge in [-0.05, 0) is 102 Å². The largest absolute Gasteiger partial charge is 0.353 e. The highest BCUT2D eigenvalue weighted by Gasteiger charge is 2.37. The SMILES string of the molecule is CCN(C(=O)C1CCC(NC(=O)CC2CCC(S(=O)(=O)CC3CC3)CC2)CC1)C1CCCC(C)C1. The van der Waals surface area contributed by atoms with Gasteiger partial charge in [-0.1, -0.05) is 19.8 Å². The van der Waals surface area contributed by atoms with E-state index in [1.54, 1.807) is 0 Å². The van der Waals surface area contributed by atoms with E-state index >= 15 is 0 Å². The van der Waals surface area contributed by atoms with Crippen LogP contribution in [0.3, 0.4) is 0 Å². The van der Waals surface area contributed by atoms with E-state index in [0.717, 1.165) is 70.8 Å². The molecule has 2 atom stereocenters. The quantitative estimate of drug-likeness (QED) is 0.482. The predicted octanol–water partition coefficient (Wildman–Crippen LogP) is 4.86. The third-order valence-electron chi connectivity index (χ3n) is 9.36. The first-order valence-electron chi connectivity index (χ1n) is 14.6. The molecule has 4 aliphatic rings. The third-order valence-corrected chi connectivity index (χ3v) is 11.8. The topological polar surface area (TPSA) is 83.6 Å². The summed E-state index contributed by atoms with van der Waals surface area (Å²) in [4.78, 5) is 28.1. The van der Waals surface area contributed by atoms with Crippen molar-refractivity contribution in [3.63, 3.8) is 0 Å². The molecule has 4 saturated carbocycles. The fraction of sp³-hybridized carbons (Fsp3) is 0.929. The van der Waals surface area contributed by atoms with Crippen molar-refractivity contribution < 1.29 is 18.0 Å². The number of rotatable bonds is 9. The molecule has 2 unspecified atom stereocenters. The summed E-state index contributed by atoms with van der Waals surface area (Å²) in [7, 11) is -2.96. The van der Waals surface area contributed by atoms with Crippen molar-refractivity contribution in [3.8, 4) is 0 Å². The van der Waals surface area contributed by atoms with Gasteiger partial charge in [0.05, 0.1) is 11.0 Å². The van der Waals surface area contributed by atoms with E-state index in [1.165, 1.54) is 12.8 Å². The van der Waals surface area contributed by atoms with E-state index < -0.39 is 9.84 Å². The lowest BCUT2D eigenvalue weighted by Crippen LogP contribution is -2.47. The molecule has 0 aliphatic heterocycles. The van der Waals surface area contributed by atoms with Crippen LogP contribution in [0.2, 0.25) is 0 Å². The van der Waals surface area contributed by atoms with Crippen molar-refractivity contribution in [2.45, 2.75) is 127 Å². The van der Waals surface area contributed by atoms with Crippen LogP contribution in [0.25, 0.3) is 0 Å². The second-order valence-corrected chi connectivity index (χ2v) is 14.6. The van der Waals surface area contributed by atoms with Crippen LogP contribution >= 0.6 is 0 Å². The van der Waals surface area contributed by atoms with E-state index in [0.29, 0.717) is 54.7 Å². The maximum atomic E-state index is 13.3. The second kappa shape index (κ2) is 12.0. The van der Waals surface area contributed by atoms with Crippen molar-refractivity contribution in [1.82, 2.24) is 10.2 Å². The van der Waals surface area contributed by atoms with Gasteiger partial charge in [-0.15, -0.1) is 0 Å². The molecule has 4 rings (SSSR count). The summed E-state index contributed by atoms with van der Waals surface area (Å²) >= 11 is 0. The normalized spacial score (nSPS) is 34.2. The van der Waals surface area contributed by atoms with Crippen molar-refractivity contribution in [1.29, 1.82) is 0 Å². The molecule has 2 amide bonds. The summed E-state index contributed by atoms with van der Waals surface area (Å²) in [5.74, 6) is 2.35. The first-order chi connectivity index (χ1) is 16.7. The van der Waals surface area contributed by atoms with Gasteiger partial charge in [-0.3, -0.25) is 9.59 Å². The molecule has 0 spiro atoms. The van der Waals surface area contributed by atoms with Gasteiger partial charge in [0.1, 0.15) is 0 Å². The number of amides is 2. The molecule has 0 bridgehead atoms. The summed E-state index contributed by atoms with van der Waals surface area (Å²) in [6.45, 7) is 5.22. The monoisotopic (exact) mass is 508 g/mol. The summed E-state index contributed by atoms with van der Waals surface area (Å²) in [6.07, 6.45) is 14.1. The minimum Gasteiger partial charge on any atom is -0.353 e. The van der Waals surface area contributed by atoms with Gasteiger partial charge in [-0.25, -0.2) is 8.42 Å². The van der Waals surface area contributed by atoms with E-state index in [9.17, 15) is 18.0 Å². The average Bonchev–Trinajstić information content (AvgIpc) is 3.64. The van der Waals surface area contributed by atoms with Crippen LogP contribution in [0.15, 0.2) is 0 Å². The Bertz CT molecular complexity index is 824. The molecule has 6 nitrogen and oxygen atoms in total. The van der Waals surface area contributed by atoms with E-state index in [4.69, 9.17) is 0 Å². The van der Waals surface area contributed by atoms with Crippen LogP contribution in [0.1, 0.15) is 110 Å². The maximum absolute atomic E-state index is 13.3. The Morgan fingerprint density at radius 2 is 1.51 bits per heavy atom. The molecular formula is C28H48N2O4S. The van der Waals surface area contributed by atoms with Crippen molar-refractivity contribution in [3.05, 3.63) is 0 Å². The summed E-state index contributed by atoms with van der Waals surface area (Å²) < 4.78 is 25.1. The van der Waals surface area contributed by atoms with Crippen LogP contribution in [-0.4, -0.2) is 54.8 Å². The molecule has 0 aromatic carbocycles. The Morgan fingerprint density at radius 1 is 0.857 bits per heavy atom. The Hall–Kier alpha value is -1.11. The Morgan fingerprint density at radius 3 is 2.11 bits per heavy atom. The van der Waals surface area contributed by atoms with Crippen LogP contribution in [0, 0.1) is 23.7 Å². The highest BCUT2D eigenvalue weighted by Crippen LogP contribution is 2.36. The molecule has 35 heavy (non-hydrogen) atoms. The average molecular weight is 509 g/mol. The number of nitrogens with zero attached hydrogens (tertiary/aromatic N) is 1. The van der Waals surface area contributed by atoms with Crippen LogP contribution < -0.4 is 5.32 Å². The van der Waals surface area contributed by atoms with Gasteiger partial charge in [0, 0.05) is 31.0 Å². The van der Waals surface area contributed by atoms with Gasteiger partial charge in [0.2, 0.25) is 11.8 Å². The lowest BCUT2D eigenvalue weighted by Gasteiger charge is -2.39. The Balaban J connectivity index is 1.16. The van der Waals surface area contributed by atoms with Gasteiger partial charge in [-0.2, -0.15) is 0 Å². The second-order valence-electron chi connectivity index (χ2n) is 12.3. The van der Waals surface area contributed by atoms with Crippen molar-refractivity contribution in [2.24, 2.45) is 23.7 Å². The summed E-state index contributed by atoms with van der Waals surface area (Å²) in [5.41, 5.74) is 0. The number of hydrogen-bond acceptors (Lipinski definition) is 4. The molecular weight excluding hydrogens is 460 g/mol. The molecule has 0 saturated heterocycles. The standard InChI is InChI=1S/C28H48N2O4S/c1-3-30(25-6-4-5-20(2)17-25)28(32)23-11-13-24(14-12-23)29-27(31)18-21-9-15-26(16-10-21)35(33,34)19-22-7-8-22/h20-26H,3-19H2,1-2H3,(H,29,31). The van der Waals surface area contributed by atoms with Crippen LogP contribution in [-0.2, 0) is 19.4 Å². The molecule has 0 aromatic heterocycles. The number of sulfone groups is 1. The van der Waals surface area contributed by atoms with E-state index in [-0.39, 0.29) is 23.1 Å². The molecule has 0 radical (unpaired) electrons. The maximum Gasteiger partial charge on any atom is 0.225 e. The Kier molecular flexibility index (Phi) is 9.20. The van der Waals surface area contributed by atoms with Crippen molar-refractivity contribution in [2.75, 3.05) is 12.3 Å². The van der Waals surface area contributed by atoms with Gasteiger partial charge >= 0.3 is 0 Å². The van der Waals surface area contributed by atoms with Crippen molar-refractivity contribution >= 4 is 21.7 Å². The number of nitrogens with one attached hydrogen (secondary N) is 1. The first kappa shape index (κ1) is 26.9. The van der Waals surface area contributed by atoms with Gasteiger partial charge in [0.25, 0.3) is 0 Å². The van der Waals surface area contributed by atoms with Crippen LogP contribution in [0.5, 0.6) is 0 Å². The molecule has 0 heterocycles. The molecule has 200 valence electrons. The zero-order valence-electron chi connectivity index (χ0n) is 22.1. The molecule has 4 fully saturated rings.